The first-order valence-corrected chi connectivity index (χ1v) is 11.6. The highest BCUT2D eigenvalue weighted by Gasteiger charge is 2.18. The summed E-state index contributed by atoms with van der Waals surface area (Å²) in [6.45, 7) is 4.12. The van der Waals surface area contributed by atoms with Crippen molar-refractivity contribution in [1.29, 1.82) is 0 Å². The third-order valence-corrected chi connectivity index (χ3v) is 6.62. The lowest BCUT2D eigenvalue weighted by Crippen LogP contribution is -2.22. The van der Waals surface area contributed by atoms with Crippen molar-refractivity contribution in [3.05, 3.63) is 106 Å². The fraction of sp³-hybridized carbons (Fsp3) is 0.111. The Morgan fingerprint density at radius 2 is 1.75 bits per heavy atom. The van der Waals surface area contributed by atoms with Crippen molar-refractivity contribution in [1.82, 2.24) is 14.5 Å². The Morgan fingerprint density at radius 1 is 0.969 bits per heavy atom. The minimum absolute atomic E-state index is 0.0746. The van der Waals surface area contributed by atoms with Crippen molar-refractivity contribution in [3.8, 4) is 5.69 Å². The van der Waals surface area contributed by atoms with Crippen LogP contribution in [0, 0.1) is 13.8 Å². The van der Waals surface area contributed by atoms with E-state index in [2.05, 4.69) is 49.2 Å². The maximum atomic E-state index is 13.7. The number of hydrogen-bond acceptors (Lipinski definition) is 3. The largest absolute Gasteiger partial charge is 0.349 e. The van der Waals surface area contributed by atoms with Crippen molar-refractivity contribution < 1.29 is 0 Å². The topological polar surface area (TPSA) is 50.7 Å². The molecule has 0 aliphatic carbocycles. The van der Waals surface area contributed by atoms with E-state index in [9.17, 15) is 4.79 Å². The van der Waals surface area contributed by atoms with E-state index in [1.54, 1.807) is 16.3 Å². The highest BCUT2D eigenvalue weighted by Crippen LogP contribution is 2.28. The molecule has 3 aromatic carbocycles. The molecule has 5 aromatic rings. The van der Waals surface area contributed by atoms with Crippen LogP contribution in [0.25, 0.3) is 33.7 Å². The van der Waals surface area contributed by atoms with E-state index in [1.807, 2.05) is 54.6 Å². The van der Waals surface area contributed by atoms with Crippen molar-refractivity contribution in [2.75, 3.05) is 5.75 Å². The number of H-pyrrole nitrogens is 1. The highest BCUT2D eigenvalue weighted by molar-refractivity contribution is 7.99. The van der Waals surface area contributed by atoms with Crippen LogP contribution in [0.3, 0.4) is 0 Å². The summed E-state index contributed by atoms with van der Waals surface area (Å²) in [6.07, 6.45) is 4.20. The Bertz CT molecular complexity index is 1510. The molecule has 5 heteroatoms. The van der Waals surface area contributed by atoms with Crippen LogP contribution in [0.5, 0.6) is 0 Å². The molecule has 2 heterocycles. The first-order chi connectivity index (χ1) is 15.6. The molecular weight excluding hydrogens is 414 g/mol. The van der Waals surface area contributed by atoms with E-state index < -0.39 is 0 Å². The maximum Gasteiger partial charge on any atom is 0.283 e. The first kappa shape index (κ1) is 20.3. The first-order valence-electron chi connectivity index (χ1n) is 10.6. The molecule has 0 aliphatic heterocycles. The average Bonchev–Trinajstić information content (AvgIpc) is 3.19. The molecule has 0 unspecified atom stereocenters. The summed E-state index contributed by atoms with van der Waals surface area (Å²) in [5.74, 6) is 0.708. The number of fused-ring (bicyclic) bond motifs is 3. The van der Waals surface area contributed by atoms with Crippen molar-refractivity contribution >= 4 is 39.8 Å². The summed E-state index contributed by atoms with van der Waals surface area (Å²) in [6, 6.07) is 24.2. The molecule has 0 aliphatic rings. The Kier molecular flexibility index (Phi) is 5.41. The SMILES string of the molecule is Cc1cccc(-n2c(SC/C=C/c3ccccc3)nc3c([nH]c4ccccc43)c2=O)c1C. The lowest BCUT2D eigenvalue weighted by Gasteiger charge is -2.15. The summed E-state index contributed by atoms with van der Waals surface area (Å²) in [5.41, 5.74) is 6.36. The van der Waals surface area contributed by atoms with Crippen LogP contribution in [-0.4, -0.2) is 20.3 Å². The van der Waals surface area contributed by atoms with Crippen LogP contribution in [0.4, 0.5) is 0 Å². The number of rotatable bonds is 5. The molecule has 0 atom stereocenters. The van der Waals surface area contributed by atoms with Crippen LogP contribution >= 0.6 is 11.8 Å². The van der Waals surface area contributed by atoms with Crippen LogP contribution in [0.2, 0.25) is 0 Å². The van der Waals surface area contributed by atoms with E-state index in [-0.39, 0.29) is 5.56 Å². The van der Waals surface area contributed by atoms with Crippen LogP contribution in [0.15, 0.2) is 88.8 Å². The Morgan fingerprint density at radius 3 is 2.59 bits per heavy atom. The van der Waals surface area contributed by atoms with Gasteiger partial charge in [-0.05, 0) is 42.7 Å². The third-order valence-electron chi connectivity index (χ3n) is 5.73. The summed E-state index contributed by atoms with van der Waals surface area (Å²) in [5, 5.41) is 1.66. The van der Waals surface area contributed by atoms with Crippen LogP contribution in [-0.2, 0) is 0 Å². The summed E-state index contributed by atoms with van der Waals surface area (Å²) < 4.78 is 1.75. The zero-order valence-electron chi connectivity index (χ0n) is 18.0. The van der Waals surface area contributed by atoms with Gasteiger partial charge in [0.1, 0.15) is 11.0 Å². The summed E-state index contributed by atoms with van der Waals surface area (Å²) >= 11 is 1.57. The third kappa shape index (κ3) is 3.65. The average molecular weight is 438 g/mol. The standard InChI is InChI=1S/C27H23N3OS/c1-18-10-8-16-23(19(18)2)30-26(31)25-24(21-14-6-7-15-22(21)28-25)29-27(30)32-17-9-13-20-11-4-3-5-12-20/h3-16,28H,17H2,1-2H3/b13-9+. The van der Waals surface area contributed by atoms with E-state index in [4.69, 9.17) is 4.98 Å². The van der Waals surface area contributed by atoms with E-state index >= 15 is 0 Å². The van der Waals surface area contributed by atoms with Gasteiger partial charge in [0.15, 0.2) is 5.16 Å². The molecule has 0 saturated carbocycles. The van der Waals surface area contributed by atoms with Gasteiger partial charge in [-0.2, -0.15) is 0 Å². The second-order valence-electron chi connectivity index (χ2n) is 7.77. The second kappa shape index (κ2) is 8.52. The van der Waals surface area contributed by atoms with Gasteiger partial charge in [0.2, 0.25) is 0 Å². The normalized spacial score (nSPS) is 11.7. The molecule has 0 fully saturated rings. The molecule has 1 N–H and O–H groups in total. The van der Waals surface area contributed by atoms with E-state index in [0.717, 1.165) is 38.8 Å². The van der Waals surface area contributed by atoms with Gasteiger partial charge in [0.05, 0.1) is 5.69 Å². The molecule has 2 aromatic heterocycles. The van der Waals surface area contributed by atoms with E-state index in [0.29, 0.717) is 16.4 Å². The van der Waals surface area contributed by atoms with Gasteiger partial charge >= 0.3 is 0 Å². The van der Waals surface area contributed by atoms with Crippen LogP contribution in [0.1, 0.15) is 16.7 Å². The second-order valence-corrected chi connectivity index (χ2v) is 8.76. The van der Waals surface area contributed by atoms with Crippen molar-refractivity contribution in [3.63, 3.8) is 0 Å². The Labute approximate surface area is 190 Å². The molecular formula is C27H23N3OS. The lowest BCUT2D eigenvalue weighted by atomic mass is 10.1. The number of hydrogen-bond donors (Lipinski definition) is 1. The molecule has 4 nitrogen and oxygen atoms in total. The summed E-state index contributed by atoms with van der Waals surface area (Å²) in [7, 11) is 0. The van der Waals surface area contributed by atoms with Gasteiger partial charge in [0, 0.05) is 16.7 Å². The zero-order valence-corrected chi connectivity index (χ0v) is 18.8. The van der Waals surface area contributed by atoms with Gasteiger partial charge in [-0.3, -0.25) is 9.36 Å². The number of para-hydroxylation sites is 1. The molecule has 0 radical (unpaired) electrons. The predicted octanol–water partition coefficient (Wildman–Crippen LogP) is 6.29. The van der Waals surface area contributed by atoms with Gasteiger partial charge in [-0.1, -0.05) is 84.6 Å². The number of nitrogens with zero attached hydrogens (tertiary/aromatic N) is 2. The smallest absolute Gasteiger partial charge is 0.283 e. The Hall–Kier alpha value is -3.57. The number of benzene rings is 3. The quantitative estimate of drug-likeness (QED) is 0.260. The zero-order chi connectivity index (χ0) is 22.1. The molecule has 5 rings (SSSR count). The van der Waals surface area contributed by atoms with Gasteiger partial charge in [0.25, 0.3) is 5.56 Å². The van der Waals surface area contributed by atoms with E-state index in [1.165, 1.54) is 0 Å². The number of aromatic amines is 1. The van der Waals surface area contributed by atoms with Gasteiger partial charge in [-0.15, -0.1) is 0 Å². The minimum atomic E-state index is -0.0746. The van der Waals surface area contributed by atoms with Crippen LogP contribution < -0.4 is 5.56 Å². The molecule has 0 spiro atoms. The monoisotopic (exact) mass is 437 g/mol. The predicted molar refractivity (Wildman–Crippen MR) is 135 cm³/mol. The lowest BCUT2D eigenvalue weighted by molar-refractivity contribution is 0.813. The highest BCUT2D eigenvalue weighted by atomic mass is 32.2. The maximum absolute atomic E-state index is 13.7. The fourth-order valence-electron chi connectivity index (χ4n) is 3.90. The number of aromatic nitrogens is 3. The number of aryl methyl sites for hydroxylation is 1. The number of thioether (sulfide) groups is 1. The van der Waals surface area contributed by atoms with Crippen molar-refractivity contribution in [2.24, 2.45) is 0 Å². The minimum Gasteiger partial charge on any atom is -0.349 e. The van der Waals surface area contributed by atoms with Crippen molar-refractivity contribution in [2.45, 2.75) is 19.0 Å². The molecule has 0 bridgehead atoms. The van der Waals surface area contributed by atoms with Gasteiger partial charge < -0.3 is 4.98 Å². The molecule has 32 heavy (non-hydrogen) atoms. The Balaban J connectivity index is 1.65. The molecule has 158 valence electrons. The molecule has 0 saturated heterocycles. The molecule has 0 amide bonds. The fourth-order valence-corrected chi connectivity index (χ4v) is 4.71. The van der Waals surface area contributed by atoms with Gasteiger partial charge in [-0.25, -0.2) is 4.98 Å². The number of nitrogens with one attached hydrogen (secondary N) is 1. The summed E-state index contributed by atoms with van der Waals surface area (Å²) in [4.78, 5) is 22.0.